The van der Waals surface area contributed by atoms with Crippen molar-refractivity contribution in [2.24, 2.45) is 0 Å². The molecule has 1 aromatic carbocycles. The van der Waals surface area contributed by atoms with Crippen LogP contribution in [0.1, 0.15) is 212 Å². The van der Waals surface area contributed by atoms with Gasteiger partial charge in [-0.25, -0.2) is 0 Å². The van der Waals surface area contributed by atoms with Crippen LogP contribution in [0.3, 0.4) is 0 Å². The maximum Gasteiger partial charge on any atom is 0.305 e. The van der Waals surface area contributed by atoms with E-state index < -0.39 is 0 Å². The highest BCUT2D eigenvalue weighted by atomic mass is 16.5. The van der Waals surface area contributed by atoms with E-state index in [0.717, 1.165) is 76.1 Å². The van der Waals surface area contributed by atoms with E-state index in [-0.39, 0.29) is 11.9 Å². The molecule has 0 bridgehead atoms. The van der Waals surface area contributed by atoms with Gasteiger partial charge in [0.2, 0.25) is 0 Å². The average Bonchev–Trinajstić information content (AvgIpc) is 3.12. The molecule has 0 fully saturated rings. The summed E-state index contributed by atoms with van der Waals surface area (Å²) in [5, 5.41) is 0. The van der Waals surface area contributed by atoms with E-state index in [0.29, 0.717) is 26.1 Å². The quantitative estimate of drug-likeness (QED) is 0.0501. The van der Waals surface area contributed by atoms with E-state index >= 15 is 0 Å². The first-order chi connectivity index (χ1) is 25.1. The lowest BCUT2D eigenvalue weighted by molar-refractivity contribution is -0.144. The van der Waals surface area contributed by atoms with Crippen LogP contribution in [0.15, 0.2) is 18.2 Å². The minimum atomic E-state index is -0.0184. The summed E-state index contributed by atoms with van der Waals surface area (Å²) in [4.78, 5) is 23.8. The normalized spacial score (nSPS) is 11.1. The smallest absolute Gasteiger partial charge is 0.305 e. The van der Waals surface area contributed by atoms with Crippen LogP contribution in [-0.4, -0.2) is 38.4 Å². The third kappa shape index (κ3) is 31.0. The molecule has 0 saturated carbocycles. The Labute approximate surface area is 314 Å². The number of unbranched alkanes of at least 4 members (excludes halogenated alkanes) is 24. The fourth-order valence-electron chi connectivity index (χ4n) is 6.36. The molecule has 0 unspecified atom stereocenters. The number of aryl methyl sites for hydroxylation is 1. The molecule has 0 atom stereocenters. The van der Waals surface area contributed by atoms with Gasteiger partial charge in [0.05, 0.1) is 26.4 Å². The molecule has 0 aliphatic carbocycles. The van der Waals surface area contributed by atoms with Gasteiger partial charge >= 0.3 is 11.9 Å². The number of rotatable bonds is 38. The molecular weight excluding hydrogens is 636 g/mol. The summed E-state index contributed by atoms with van der Waals surface area (Å²) in [6.07, 6.45) is 34.2. The topological polar surface area (TPSA) is 71.1 Å². The van der Waals surface area contributed by atoms with Crippen LogP contribution in [-0.2, 0) is 19.1 Å². The number of ether oxygens (including phenoxy) is 4. The number of benzene rings is 1. The molecule has 1 rings (SSSR count). The van der Waals surface area contributed by atoms with Crippen molar-refractivity contribution >= 4 is 11.9 Å². The summed E-state index contributed by atoms with van der Waals surface area (Å²) < 4.78 is 23.0. The van der Waals surface area contributed by atoms with Crippen LogP contribution >= 0.6 is 0 Å². The van der Waals surface area contributed by atoms with Crippen molar-refractivity contribution in [3.8, 4) is 11.5 Å². The van der Waals surface area contributed by atoms with Crippen LogP contribution in [0.2, 0.25) is 0 Å². The molecule has 0 spiro atoms. The molecule has 296 valence electrons. The fraction of sp³-hybridized carbons (Fsp3) is 0.822. The lowest BCUT2D eigenvalue weighted by Crippen LogP contribution is -2.05. The van der Waals surface area contributed by atoms with Crippen LogP contribution in [0.5, 0.6) is 11.5 Å². The van der Waals surface area contributed by atoms with Crippen LogP contribution in [0, 0.1) is 6.92 Å². The van der Waals surface area contributed by atoms with Gasteiger partial charge in [-0.15, -0.1) is 0 Å². The predicted molar refractivity (Wildman–Crippen MR) is 214 cm³/mol. The maximum atomic E-state index is 11.9. The molecule has 0 heterocycles. The first-order valence-corrected chi connectivity index (χ1v) is 21.7. The summed E-state index contributed by atoms with van der Waals surface area (Å²) >= 11 is 0. The molecule has 0 aliphatic rings. The van der Waals surface area contributed by atoms with Gasteiger partial charge in [0.1, 0.15) is 0 Å². The maximum absolute atomic E-state index is 11.9. The van der Waals surface area contributed by atoms with E-state index in [4.69, 9.17) is 18.9 Å². The first kappa shape index (κ1) is 46.8. The monoisotopic (exact) mass is 717 g/mol. The van der Waals surface area contributed by atoms with Crippen molar-refractivity contribution in [3.05, 3.63) is 23.8 Å². The molecule has 1 aromatic rings. The van der Waals surface area contributed by atoms with Crippen molar-refractivity contribution in [2.75, 3.05) is 26.4 Å². The second kappa shape index (κ2) is 36.1. The summed E-state index contributed by atoms with van der Waals surface area (Å²) in [6.45, 7) is 9.19. The van der Waals surface area contributed by atoms with Gasteiger partial charge in [-0.05, 0) is 63.1 Å². The second-order valence-corrected chi connectivity index (χ2v) is 14.8. The molecule has 0 N–H and O–H groups in total. The standard InChI is InChI=1S/C45H80O6/c1-4-6-8-10-22-30-38-50-44(46)32-26-20-16-12-14-18-24-28-36-48-42-35-34-41(3)40-43(42)49-37-29-25-19-15-13-17-21-27-33-45(47)51-39-31-23-11-9-7-5-2/h34-35,40H,4-33,36-39H2,1-3H3. The molecule has 51 heavy (non-hydrogen) atoms. The highest BCUT2D eigenvalue weighted by Crippen LogP contribution is 2.29. The molecule has 0 amide bonds. The molecule has 6 nitrogen and oxygen atoms in total. The largest absolute Gasteiger partial charge is 0.490 e. The average molecular weight is 717 g/mol. The van der Waals surface area contributed by atoms with Crippen molar-refractivity contribution in [1.82, 2.24) is 0 Å². The third-order valence-corrected chi connectivity index (χ3v) is 9.69. The molecule has 0 radical (unpaired) electrons. The molecule has 0 saturated heterocycles. The van der Waals surface area contributed by atoms with Gasteiger partial charge in [0.15, 0.2) is 11.5 Å². The number of carbonyl (C=O) groups excluding carboxylic acids is 2. The minimum Gasteiger partial charge on any atom is -0.490 e. The van der Waals surface area contributed by atoms with Crippen molar-refractivity contribution in [3.63, 3.8) is 0 Å². The SMILES string of the molecule is CCCCCCCCOC(=O)CCCCCCCCCCOc1ccc(C)cc1OCCCCCCCCCCC(=O)OCCCCCCCC. The van der Waals surface area contributed by atoms with Gasteiger partial charge in [-0.1, -0.05) is 161 Å². The van der Waals surface area contributed by atoms with E-state index in [9.17, 15) is 9.59 Å². The Kier molecular flexibility index (Phi) is 33.1. The lowest BCUT2D eigenvalue weighted by atomic mass is 10.1. The molecule has 6 heteroatoms. The number of esters is 2. The Hall–Kier alpha value is -2.24. The molecule has 0 aromatic heterocycles. The summed E-state index contributed by atoms with van der Waals surface area (Å²) in [5.74, 6) is 1.69. The number of carbonyl (C=O) groups is 2. The third-order valence-electron chi connectivity index (χ3n) is 9.69. The highest BCUT2D eigenvalue weighted by molar-refractivity contribution is 5.69. The Morgan fingerprint density at radius 2 is 0.745 bits per heavy atom. The zero-order chi connectivity index (χ0) is 36.9. The molecule has 0 aliphatic heterocycles. The highest BCUT2D eigenvalue weighted by Gasteiger charge is 2.07. The lowest BCUT2D eigenvalue weighted by Gasteiger charge is -2.13. The summed E-state index contributed by atoms with van der Waals surface area (Å²) in [5.41, 5.74) is 1.19. The van der Waals surface area contributed by atoms with Crippen LogP contribution < -0.4 is 9.47 Å². The second-order valence-electron chi connectivity index (χ2n) is 14.8. The Morgan fingerprint density at radius 3 is 1.16 bits per heavy atom. The first-order valence-electron chi connectivity index (χ1n) is 21.7. The Balaban J connectivity index is 1.96. The summed E-state index contributed by atoms with van der Waals surface area (Å²) in [7, 11) is 0. The van der Waals surface area contributed by atoms with E-state index in [2.05, 4.69) is 32.9 Å². The van der Waals surface area contributed by atoms with E-state index in [1.807, 2.05) is 6.07 Å². The predicted octanol–water partition coefficient (Wildman–Crippen LogP) is 13.6. The number of hydrogen-bond acceptors (Lipinski definition) is 6. The zero-order valence-corrected chi connectivity index (χ0v) is 33.7. The van der Waals surface area contributed by atoms with Gasteiger partial charge in [-0.2, -0.15) is 0 Å². The van der Waals surface area contributed by atoms with Gasteiger partial charge in [0, 0.05) is 12.8 Å². The number of hydrogen-bond donors (Lipinski definition) is 0. The Morgan fingerprint density at radius 1 is 0.412 bits per heavy atom. The van der Waals surface area contributed by atoms with Crippen molar-refractivity contribution in [1.29, 1.82) is 0 Å². The van der Waals surface area contributed by atoms with Crippen LogP contribution in [0.25, 0.3) is 0 Å². The van der Waals surface area contributed by atoms with E-state index in [1.54, 1.807) is 0 Å². The van der Waals surface area contributed by atoms with Crippen molar-refractivity contribution in [2.45, 2.75) is 213 Å². The fourth-order valence-corrected chi connectivity index (χ4v) is 6.36. The van der Waals surface area contributed by atoms with E-state index in [1.165, 1.54) is 134 Å². The Bertz CT molecular complexity index is 931. The van der Waals surface area contributed by atoms with Gasteiger partial charge < -0.3 is 18.9 Å². The summed E-state index contributed by atoms with van der Waals surface area (Å²) in [6, 6.07) is 6.23. The van der Waals surface area contributed by atoms with Crippen LogP contribution in [0.4, 0.5) is 0 Å². The molecular formula is C45H80O6. The zero-order valence-electron chi connectivity index (χ0n) is 33.7. The van der Waals surface area contributed by atoms with Gasteiger partial charge in [-0.3, -0.25) is 9.59 Å². The van der Waals surface area contributed by atoms with Gasteiger partial charge in [0.25, 0.3) is 0 Å². The van der Waals surface area contributed by atoms with Crippen molar-refractivity contribution < 1.29 is 28.5 Å². The minimum absolute atomic E-state index is 0.0184.